The normalized spacial score (nSPS) is 17.9. The van der Waals surface area contributed by atoms with Gasteiger partial charge in [-0.2, -0.15) is 0 Å². The van der Waals surface area contributed by atoms with Gasteiger partial charge in [-0.25, -0.2) is 4.98 Å². The maximum atomic E-state index is 13.2. The highest BCUT2D eigenvalue weighted by Gasteiger charge is 2.29. The summed E-state index contributed by atoms with van der Waals surface area (Å²) in [5.74, 6) is 0.849. The molecule has 3 saturated heterocycles. The number of likely N-dealkylation sites (tertiary alicyclic amines) is 3. The van der Waals surface area contributed by atoms with Gasteiger partial charge in [-0.3, -0.25) is 14.5 Å². The monoisotopic (exact) mass is 672 g/mol. The van der Waals surface area contributed by atoms with Crippen LogP contribution < -0.4 is 15.8 Å². The predicted molar refractivity (Wildman–Crippen MR) is 197 cm³/mol. The second kappa shape index (κ2) is 15.9. The van der Waals surface area contributed by atoms with E-state index in [1.807, 2.05) is 65.6 Å². The Kier molecular flexibility index (Phi) is 10.7. The summed E-state index contributed by atoms with van der Waals surface area (Å²) in [5, 5.41) is 3.22. The maximum Gasteiger partial charge on any atom is 0.253 e. The maximum absolute atomic E-state index is 13.2. The number of hydrogen-bond donors (Lipinski definition) is 2. The Labute approximate surface area is 295 Å². The largest absolute Gasteiger partial charge is 0.485 e. The summed E-state index contributed by atoms with van der Waals surface area (Å²) in [4.78, 5) is 37.6. The first-order chi connectivity index (χ1) is 24.5. The van der Waals surface area contributed by atoms with E-state index in [-0.39, 0.29) is 17.9 Å². The van der Waals surface area contributed by atoms with E-state index in [1.54, 1.807) is 6.20 Å². The number of anilines is 1. The van der Waals surface area contributed by atoms with E-state index in [9.17, 15) is 9.59 Å². The molecule has 3 N–H and O–H groups in total. The van der Waals surface area contributed by atoms with Crippen LogP contribution in [-0.4, -0.2) is 82.9 Å². The average molecular weight is 673 g/mol. The van der Waals surface area contributed by atoms with E-state index in [1.165, 1.54) is 31.5 Å². The number of rotatable bonds is 10. The number of aromatic nitrogens is 1. The van der Waals surface area contributed by atoms with Crippen molar-refractivity contribution in [2.75, 3.05) is 45.0 Å². The molecule has 0 spiro atoms. The topological polar surface area (TPSA) is 104 Å². The molecule has 0 bridgehead atoms. The Morgan fingerprint density at radius 2 is 1.44 bits per heavy atom. The van der Waals surface area contributed by atoms with E-state index in [2.05, 4.69) is 44.4 Å². The molecule has 0 saturated carbocycles. The fourth-order valence-corrected chi connectivity index (χ4v) is 7.52. The third-order valence-electron chi connectivity index (χ3n) is 10.5. The molecule has 4 heterocycles. The van der Waals surface area contributed by atoms with E-state index in [4.69, 9.17) is 10.5 Å². The molecule has 0 unspecified atom stereocenters. The summed E-state index contributed by atoms with van der Waals surface area (Å²) in [6.45, 7) is 7.22. The van der Waals surface area contributed by atoms with Crippen LogP contribution in [0, 0.1) is 0 Å². The zero-order valence-electron chi connectivity index (χ0n) is 28.8. The van der Waals surface area contributed by atoms with Gasteiger partial charge in [0.05, 0.1) is 0 Å². The van der Waals surface area contributed by atoms with Crippen molar-refractivity contribution in [2.45, 2.75) is 63.8 Å². The number of nitrogens with two attached hydrogens (primary N) is 1. The van der Waals surface area contributed by atoms with Gasteiger partial charge in [-0.15, -0.1) is 0 Å². The molecule has 3 aliphatic heterocycles. The van der Waals surface area contributed by atoms with Crippen molar-refractivity contribution >= 4 is 17.6 Å². The number of carbonyl (C=O) groups is 2. The minimum atomic E-state index is -0.0464. The first-order valence-electron chi connectivity index (χ1n) is 18.2. The van der Waals surface area contributed by atoms with Gasteiger partial charge in [0.15, 0.2) is 11.6 Å². The van der Waals surface area contributed by atoms with Gasteiger partial charge in [0.1, 0.15) is 6.61 Å². The van der Waals surface area contributed by atoms with Crippen LogP contribution in [0.15, 0.2) is 91.1 Å². The molecule has 260 valence electrons. The molecular weight excluding hydrogens is 624 g/mol. The van der Waals surface area contributed by atoms with E-state index < -0.39 is 0 Å². The van der Waals surface area contributed by atoms with Crippen LogP contribution in [0.5, 0.6) is 5.75 Å². The quantitative estimate of drug-likeness (QED) is 0.213. The van der Waals surface area contributed by atoms with E-state index in [0.29, 0.717) is 35.3 Å². The fraction of sp³-hybridized carbons (Fsp3) is 0.390. The lowest BCUT2D eigenvalue weighted by Crippen LogP contribution is -2.45. The predicted octanol–water partition coefficient (Wildman–Crippen LogP) is 6.00. The molecule has 0 atom stereocenters. The highest BCUT2D eigenvalue weighted by atomic mass is 16.5. The van der Waals surface area contributed by atoms with Crippen LogP contribution in [0.2, 0.25) is 0 Å². The lowest BCUT2D eigenvalue weighted by molar-refractivity contribution is 0.0644. The molecule has 9 nitrogen and oxygen atoms in total. The van der Waals surface area contributed by atoms with Crippen LogP contribution >= 0.6 is 0 Å². The van der Waals surface area contributed by atoms with Gasteiger partial charge in [0, 0.05) is 67.7 Å². The third-order valence-corrected chi connectivity index (χ3v) is 10.5. The van der Waals surface area contributed by atoms with Crippen molar-refractivity contribution < 1.29 is 14.3 Å². The number of nitrogens with one attached hydrogen (secondary N) is 1. The smallest absolute Gasteiger partial charge is 0.253 e. The van der Waals surface area contributed by atoms with E-state index in [0.717, 1.165) is 75.1 Å². The number of piperidine rings is 2. The Bertz CT molecular complexity index is 1720. The van der Waals surface area contributed by atoms with Crippen LogP contribution in [0.25, 0.3) is 11.1 Å². The van der Waals surface area contributed by atoms with Gasteiger partial charge < -0.3 is 25.6 Å². The number of nitrogens with zero attached hydrogens (tertiary/aromatic N) is 4. The van der Waals surface area contributed by atoms with Crippen molar-refractivity contribution in [2.24, 2.45) is 0 Å². The van der Waals surface area contributed by atoms with Crippen molar-refractivity contribution in [3.63, 3.8) is 0 Å². The minimum Gasteiger partial charge on any atom is -0.485 e. The number of amides is 2. The SMILES string of the molecule is Nc1ncc(-c2ccc(C(=O)N3CCC(N4CCCC4)CC3)cc2)cc1OCc1ccc(C(=O)NC2CCN(Cc3ccccc3)CC2)cc1. The third kappa shape index (κ3) is 8.34. The fourth-order valence-electron chi connectivity index (χ4n) is 7.52. The number of carbonyl (C=O) groups excluding carboxylic acids is 2. The van der Waals surface area contributed by atoms with Crippen LogP contribution in [-0.2, 0) is 13.2 Å². The standard InChI is InChI=1S/C41H48N6O3/c42-39-38(26-35(27-43-39)32-12-14-34(15-13-32)41(49)47-24-18-37(19-25-47)46-20-4-5-21-46)50-29-31-8-10-33(11-9-31)40(48)44-36-16-22-45(23-17-36)28-30-6-2-1-3-7-30/h1-3,6-15,26-27,36-37H,4-5,16-25,28-29H2,(H2,42,43)(H,44,48). The Balaban J connectivity index is 0.883. The molecule has 4 aromatic rings. The van der Waals surface area contributed by atoms with E-state index >= 15 is 0 Å². The summed E-state index contributed by atoms with van der Waals surface area (Å²) >= 11 is 0. The van der Waals surface area contributed by atoms with Gasteiger partial charge in [-0.05, 0) is 98.6 Å². The zero-order valence-corrected chi connectivity index (χ0v) is 28.8. The average Bonchev–Trinajstić information content (AvgIpc) is 3.71. The molecule has 1 aromatic heterocycles. The summed E-state index contributed by atoms with van der Waals surface area (Å²) in [5.41, 5.74) is 11.6. The molecule has 2 amide bonds. The van der Waals surface area contributed by atoms with Crippen LogP contribution in [0.3, 0.4) is 0 Å². The molecule has 7 rings (SSSR count). The molecule has 50 heavy (non-hydrogen) atoms. The number of benzene rings is 3. The number of hydrogen-bond acceptors (Lipinski definition) is 7. The van der Waals surface area contributed by atoms with Crippen molar-refractivity contribution in [3.8, 4) is 16.9 Å². The Morgan fingerprint density at radius 3 is 2.14 bits per heavy atom. The Morgan fingerprint density at radius 1 is 0.760 bits per heavy atom. The van der Waals surface area contributed by atoms with Gasteiger partial charge in [0.2, 0.25) is 0 Å². The lowest BCUT2D eigenvalue weighted by atomic mass is 10.0. The molecule has 0 radical (unpaired) electrons. The summed E-state index contributed by atoms with van der Waals surface area (Å²) < 4.78 is 6.09. The molecule has 3 aromatic carbocycles. The lowest BCUT2D eigenvalue weighted by Gasteiger charge is -2.36. The van der Waals surface area contributed by atoms with Crippen LogP contribution in [0.4, 0.5) is 5.82 Å². The summed E-state index contributed by atoms with van der Waals surface area (Å²) in [6.07, 6.45) is 8.32. The first-order valence-corrected chi connectivity index (χ1v) is 18.2. The van der Waals surface area contributed by atoms with Crippen molar-refractivity contribution in [1.29, 1.82) is 0 Å². The molecule has 3 fully saturated rings. The highest BCUT2D eigenvalue weighted by molar-refractivity contribution is 5.95. The Hall–Kier alpha value is -4.73. The van der Waals surface area contributed by atoms with Gasteiger partial charge in [0.25, 0.3) is 11.8 Å². The summed E-state index contributed by atoms with van der Waals surface area (Å²) in [6, 6.07) is 28.4. The molecule has 9 heteroatoms. The number of nitrogen functional groups attached to an aromatic ring is 1. The highest BCUT2D eigenvalue weighted by Crippen LogP contribution is 2.29. The summed E-state index contributed by atoms with van der Waals surface area (Å²) in [7, 11) is 0. The van der Waals surface area contributed by atoms with Crippen LogP contribution in [0.1, 0.15) is 70.4 Å². The minimum absolute atomic E-state index is 0.0464. The molecule has 0 aliphatic carbocycles. The van der Waals surface area contributed by atoms with Gasteiger partial charge >= 0.3 is 0 Å². The molecule has 3 aliphatic rings. The molecular formula is C41H48N6O3. The first kappa shape index (κ1) is 33.8. The van der Waals surface area contributed by atoms with Crippen molar-refractivity contribution in [1.82, 2.24) is 25.0 Å². The second-order valence-corrected chi connectivity index (χ2v) is 13.9. The second-order valence-electron chi connectivity index (χ2n) is 13.9. The van der Waals surface area contributed by atoms with Crippen molar-refractivity contribution in [3.05, 3.63) is 113 Å². The van der Waals surface area contributed by atoms with Gasteiger partial charge in [-0.1, -0.05) is 54.6 Å². The number of pyridine rings is 1. The zero-order chi connectivity index (χ0) is 34.3. The number of ether oxygens (including phenoxy) is 1.